The summed E-state index contributed by atoms with van der Waals surface area (Å²) in [5.41, 5.74) is 2.34. The van der Waals surface area contributed by atoms with Crippen LogP contribution in [0.15, 0.2) is 30.3 Å². The third-order valence-corrected chi connectivity index (χ3v) is 4.08. The molecule has 1 N–H and O–H groups in total. The second-order valence-corrected chi connectivity index (χ2v) is 5.80. The van der Waals surface area contributed by atoms with E-state index in [1.165, 1.54) is 11.3 Å². The summed E-state index contributed by atoms with van der Waals surface area (Å²) in [5, 5.41) is 19.1. The maximum absolute atomic E-state index is 9.78. The van der Waals surface area contributed by atoms with E-state index in [-0.39, 0.29) is 0 Å². The molecule has 0 amide bonds. The molecule has 1 aromatic heterocycles. The molecule has 0 bridgehead atoms. The SMILES string of the molecule is Cc1cc(Oc2ccc3nc(C#N)sc3c2)cc(C)c1O. The van der Waals surface area contributed by atoms with Gasteiger partial charge in [-0.15, -0.1) is 11.3 Å². The molecule has 4 nitrogen and oxygen atoms in total. The van der Waals surface area contributed by atoms with Crippen molar-refractivity contribution in [2.75, 3.05) is 0 Å². The van der Waals surface area contributed by atoms with Crippen LogP contribution < -0.4 is 4.74 Å². The number of rotatable bonds is 2. The molecule has 0 saturated carbocycles. The molecule has 0 spiro atoms. The van der Waals surface area contributed by atoms with E-state index in [1.54, 1.807) is 12.1 Å². The molecule has 2 aromatic carbocycles. The van der Waals surface area contributed by atoms with Crippen LogP contribution in [0, 0.1) is 25.2 Å². The first-order chi connectivity index (χ1) is 10.1. The highest BCUT2D eigenvalue weighted by molar-refractivity contribution is 7.19. The number of aryl methyl sites for hydroxylation is 2. The number of hydrogen-bond acceptors (Lipinski definition) is 5. The second kappa shape index (κ2) is 5.08. The van der Waals surface area contributed by atoms with Crippen molar-refractivity contribution in [2.45, 2.75) is 13.8 Å². The lowest BCUT2D eigenvalue weighted by Crippen LogP contribution is -1.87. The van der Waals surface area contributed by atoms with Crippen molar-refractivity contribution < 1.29 is 9.84 Å². The number of phenolic OH excluding ortho intramolecular Hbond substituents is 1. The Bertz CT molecular complexity index is 855. The van der Waals surface area contributed by atoms with Gasteiger partial charge in [0.25, 0.3) is 0 Å². The van der Waals surface area contributed by atoms with Crippen LogP contribution >= 0.6 is 11.3 Å². The Morgan fingerprint density at radius 3 is 2.52 bits per heavy atom. The number of nitriles is 1. The minimum atomic E-state index is 0.291. The Balaban J connectivity index is 1.96. The van der Waals surface area contributed by atoms with Gasteiger partial charge in [0.05, 0.1) is 10.2 Å². The van der Waals surface area contributed by atoms with Crippen LogP contribution in [0.2, 0.25) is 0 Å². The van der Waals surface area contributed by atoms with Crippen molar-refractivity contribution in [2.24, 2.45) is 0 Å². The molecule has 3 aromatic rings. The smallest absolute Gasteiger partial charge is 0.195 e. The van der Waals surface area contributed by atoms with Crippen LogP contribution in [-0.2, 0) is 0 Å². The summed E-state index contributed by atoms with van der Waals surface area (Å²) in [6.07, 6.45) is 0. The molecule has 0 radical (unpaired) electrons. The van der Waals surface area contributed by atoms with Gasteiger partial charge >= 0.3 is 0 Å². The Hall–Kier alpha value is -2.58. The summed E-state index contributed by atoms with van der Waals surface area (Å²) in [4.78, 5) is 4.19. The highest BCUT2D eigenvalue weighted by Crippen LogP contribution is 2.32. The molecule has 5 heteroatoms. The summed E-state index contributed by atoms with van der Waals surface area (Å²) in [5.74, 6) is 1.64. The zero-order chi connectivity index (χ0) is 15.0. The molecular formula is C16H12N2O2S. The monoisotopic (exact) mass is 296 g/mol. The molecule has 0 aliphatic carbocycles. The molecule has 0 atom stereocenters. The number of fused-ring (bicyclic) bond motifs is 1. The highest BCUT2D eigenvalue weighted by atomic mass is 32.1. The number of ether oxygens (including phenoxy) is 1. The lowest BCUT2D eigenvalue weighted by molar-refractivity contribution is 0.457. The number of aromatic nitrogens is 1. The van der Waals surface area contributed by atoms with Gasteiger partial charge in [-0.1, -0.05) is 0 Å². The van der Waals surface area contributed by atoms with Crippen molar-refractivity contribution in [3.8, 4) is 23.3 Å². The lowest BCUT2D eigenvalue weighted by atomic mass is 10.1. The van der Waals surface area contributed by atoms with Crippen LogP contribution in [0.5, 0.6) is 17.2 Å². The first-order valence-corrected chi connectivity index (χ1v) is 7.17. The number of thiazole rings is 1. The van der Waals surface area contributed by atoms with E-state index in [2.05, 4.69) is 4.98 Å². The molecule has 0 fully saturated rings. The Labute approximate surface area is 125 Å². The molecule has 0 saturated heterocycles. The molecule has 0 aliphatic rings. The summed E-state index contributed by atoms with van der Waals surface area (Å²) in [6, 6.07) is 11.2. The van der Waals surface area contributed by atoms with Crippen molar-refractivity contribution in [1.29, 1.82) is 5.26 Å². The van der Waals surface area contributed by atoms with Gasteiger partial charge < -0.3 is 9.84 Å². The van der Waals surface area contributed by atoms with Gasteiger partial charge in [0.15, 0.2) is 5.01 Å². The predicted octanol–water partition coefficient (Wildman–Crippen LogP) is 4.28. The number of phenols is 1. The average molecular weight is 296 g/mol. The standard InChI is InChI=1S/C16H12N2O2S/c1-9-5-12(6-10(2)16(9)19)20-11-3-4-13-14(7-11)21-15(8-17)18-13/h3-7,19H,1-2H3. The molecule has 3 rings (SSSR count). The first kappa shape index (κ1) is 13.4. The largest absolute Gasteiger partial charge is 0.507 e. The summed E-state index contributed by atoms with van der Waals surface area (Å²) >= 11 is 1.34. The van der Waals surface area contributed by atoms with Gasteiger partial charge in [-0.25, -0.2) is 4.98 Å². The molecule has 104 valence electrons. The van der Waals surface area contributed by atoms with Crippen molar-refractivity contribution in [3.05, 3.63) is 46.5 Å². The van der Waals surface area contributed by atoms with E-state index in [0.29, 0.717) is 22.3 Å². The fourth-order valence-corrected chi connectivity index (χ4v) is 2.92. The number of aromatic hydroxyl groups is 1. The van der Waals surface area contributed by atoms with Gasteiger partial charge in [0.2, 0.25) is 0 Å². The summed E-state index contributed by atoms with van der Waals surface area (Å²) < 4.78 is 6.74. The quantitative estimate of drug-likeness (QED) is 0.766. The predicted molar refractivity (Wildman–Crippen MR) is 82.0 cm³/mol. The average Bonchev–Trinajstić information content (AvgIpc) is 2.87. The summed E-state index contributed by atoms with van der Waals surface area (Å²) in [7, 11) is 0. The third-order valence-electron chi connectivity index (χ3n) is 3.16. The topological polar surface area (TPSA) is 66.1 Å². The van der Waals surface area contributed by atoms with Gasteiger partial charge in [-0.05, 0) is 49.2 Å². The zero-order valence-corrected chi connectivity index (χ0v) is 12.4. The second-order valence-electron chi connectivity index (χ2n) is 4.77. The number of nitrogens with zero attached hydrogens (tertiary/aromatic N) is 2. The van der Waals surface area contributed by atoms with E-state index in [0.717, 1.165) is 21.3 Å². The minimum absolute atomic E-state index is 0.291. The zero-order valence-electron chi connectivity index (χ0n) is 11.5. The van der Waals surface area contributed by atoms with Crippen LogP contribution in [0.25, 0.3) is 10.2 Å². The number of benzene rings is 2. The number of hydrogen-bond donors (Lipinski definition) is 1. The normalized spacial score (nSPS) is 10.5. The highest BCUT2D eigenvalue weighted by Gasteiger charge is 2.08. The van der Waals surface area contributed by atoms with Crippen LogP contribution in [-0.4, -0.2) is 10.1 Å². The van der Waals surface area contributed by atoms with Crippen LogP contribution in [0.3, 0.4) is 0 Å². The van der Waals surface area contributed by atoms with Crippen molar-refractivity contribution in [1.82, 2.24) is 4.98 Å². The first-order valence-electron chi connectivity index (χ1n) is 6.35. The van der Waals surface area contributed by atoms with Crippen LogP contribution in [0.1, 0.15) is 16.1 Å². The Morgan fingerprint density at radius 2 is 1.86 bits per heavy atom. The van der Waals surface area contributed by atoms with Crippen molar-refractivity contribution in [3.63, 3.8) is 0 Å². The van der Waals surface area contributed by atoms with E-state index in [4.69, 9.17) is 10.00 Å². The molecule has 0 unspecified atom stereocenters. The Kier molecular flexibility index (Phi) is 3.24. The van der Waals surface area contributed by atoms with E-state index < -0.39 is 0 Å². The third kappa shape index (κ3) is 2.54. The fourth-order valence-electron chi connectivity index (χ4n) is 2.13. The van der Waals surface area contributed by atoms with Gasteiger partial charge in [0.1, 0.15) is 23.3 Å². The van der Waals surface area contributed by atoms with Crippen molar-refractivity contribution >= 4 is 21.6 Å². The van der Waals surface area contributed by atoms with Gasteiger partial charge in [-0.3, -0.25) is 0 Å². The van der Waals surface area contributed by atoms with Gasteiger partial charge in [0, 0.05) is 6.07 Å². The summed E-state index contributed by atoms with van der Waals surface area (Å²) in [6.45, 7) is 3.67. The molecule has 21 heavy (non-hydrogen) atoms. The fraction of sp³-hybridized carbons (Fsp3) is 0.125. The van der Waals surface area contributed by atoms with Crippen LogP contribution in [0.4, 0.5) is 0 Å². The maximum Gasteiger partial charge on any atom is 0.195 e. The molecular weight excluding hydrogens is 284 g/mol. The Morgan fingerprint density at radius 1 is 1.14 bits per heavy atom. The van der Waals surface area contributed by atoms with Gasteiger partial charge in [-0.2, -0.15) is 5.26 Å². The lowest BCUT2D eigenvalue weighted by Gasteiger charge is -2.09. The van der Waals surface area contributed by atoms with E-state index >= 15 is 0 Å². The maximum atomic E-state index is 9.78. The van der Waals surface area contributed by atoms with E-state index in [1.807, 2.05) is 38.1 Å². The molecule has 0 aliphatic heterocycles. The minimum Gasteiger partial charge on any atom is -0.507 e. The van der Waals surface area contributed by atoms with E-state index in [9.17, 15) is 5.11 Å². The molecule has 1 heterocycles.